The van der Waals surface area contributed by atoms with Crippen molar-refractivity contribution in [2.24, 2.45) is 0 Å². The van der Waals surface area contributed by atoms with Gasteiger partial charge in [-0.05, 0) is 11.6 Å². The second-order valence-corrected chi connectivity index (χ2v) is 4.25. The Morgan fingerprint density at radius 3 is 2.83 bits per heavy atom. The largest absolute Gasteiger partial charge is 0.395 e. The highest BCUT2D eigenvalue weighted by molar-refractivity contribution is 6.02. The lowest BCUT2D eigenvalue weighted by Crippen LogP contribution is -2.47. The zero-order valence-electron chi connectivity index (χ0n) is 10.2. The molecule has 0 aromatic heterocycles. The predicted octanol–water partition coefficient (Wildman–Crippen LogP) is 0.0727. The first-order valence-corrected chi connectivity index (χ1v) is 5.91. The van der Waals surface area contributed by atoms with Crippen LogP contribution in [-0.4, -0.2) is 36.1 Å². The number of hydrogen-bond acceptors (Lipinski definition) is 3. The van der Waals surface area contributed by atoms with Crippen molar-refractivity contribution in [3.63, 3.8) is 0 Å². The van der Waals surface area contributed by atoms with E-state index in [1.807, 2.05) is 24.3 Å². The third-order valence-electron chi connectivity index (χ3n) is 3.03. The van der Waals surface area contributed by atoms with Crippen molar-refractivity contribution in [1.29, 1.82) is 0 Å². The molecule has 0 saturated carbocycles. The topological polar surface area (TPSA) is 69.6 Å². The number of para-hydroxylation sites is 1. The lowest BCUT2D eigenvalue weighted by molar-refractivity contribution is -0.125. The average molecular weight is 248 g/mol. The summed E-state index contributed by atoms with van der Waals surface area (Å²) in [7, 11) is 0. The van der Waals surface area contributed by atoms with E-state index < -0.39 is 6.04 Å². The van der Waals surface area contributed by atoms with E-state index in [0.29, 0.717) is 6.42 Å². The van der Waals surface area contributed by atoms with Crippen molar-refractivity contribution in [3.8, 4) is 0 Å². The predicted molar refractivity (Wildman–Crippen MR) is 67.2 cm³/mol. The first kappa shape index (κ1) is 12.6. The number of rotatable bonds is 3. The van der Waals surface area contributed by atoms with Gasteiger partial charge >= 0.3 is 0 Å². The number of nitrogens with zero attached hydrogens (tertiary/aromatic N) is 1. The molecule has 0 aliphatic carbocycles. The minimum Gasteiger partial charge on any atom is -0.395 e. The number of carbonyl (C=O) groups excluding carboxylic acids is 2. The summed E-state index contributed by atoms with van der Waals surface area (Å²) in [5.74, 6) is -0.375. The van der Waals surface area contributed by atoms with Gasteiger partial charge < -0.3 is 10.4 Å². The van der Waals surface area contributed by atoms with Crippen LogP contribution in [0.25, 0.3) is 0 Å². The summed E-state index contributed by atoms with van der Waals surface area (Å²) in [5, 5.41) is 11.3. The first-order chi connectivity index (χ1) is 8.65. The van der Waals surface area contributed by atoms with Gasteiger partial charge in [0.2, 0.25) is 11.8 Å². The van der Waals surface area contributed by atoms with Crippen LogP contribution in [0.4, 0.5) is 5.69 Å². The molecule has 1 aromatic carbocycles. The molecule has 96 valence electrons. The highest BCUT2D eigenvalue weighted by Gasteiger charge is 2.36. The summed E-state index contributed by atoms with van der Waals surface area (Å²) in [5.41, 5.74) is 1.80. The molecule has 1 heterocycles. The summed E-state index contributed by atoms with van der Waals surface area (Å²) in [4.78, 5) is 25.2. The number of benzene rings is 1. The van der Waals surface area contributed by atoms with Crippen LogP contribution in [0.2, 0.25) is 0 Å². The number of hydrogen-bond donors (Lipinski definition) is 2. The van der Waals surface area contributed by atoms with E-state index in [4.69, 9.17) is 5.11 Å². The van der Waals surface area contributed by atoms with Gasteiger partial charge in [-0.1, -0.05) is 18.2 Å². The Bertz CT molecular complexity index is 473. The van der Waals surface area contributed by atoms with E-state index in [2.05, 4.69) is 5.32 Å². The molecule has 2 N–H and O–H groups in total. The molecule has 0 unspecified atom stereocenters. The van der Waals surface area contributed by atoms with Gasteiger partial charge in [0.1, 0.15) is 6.04 Å². The van der Waals surface area contributed by atoms with E-state index >= 15 is 0 Å². The number of aliphatic hydroxyl groups excluding tert-OH is 1. The number of aliphatic hydroxyl groups is 1. The van der Waals surface area contributed by atoms with Crippen LogP contribution < -0.4 is 10.2 Å². The molecule has 5 heteroatoms. The minimum atomic E-state index is -0.508. The molecule has 18 heavy (non-hydrogen) atoms. The second-order valence-electron chi connectivity index (χ2n) is 4.25. The van der Waals surface area contributed by atoms with E-state index in [1.54, 1.807) is 0 Å². The highest BCUT2D eigenvalue weighted by Crippen LogP contribution is 2.31. The lowest BCUT2D eigenvalue weighted by atomic mass is 10.1. The quantitative estimate of drug-likeness (QED) is 0.795. The van der Waals surface area contributed by atoms with Crippen LogP contribution in [0.15, 0.2) is 24.3 Å². The van der Waals surface area contributed by atoms with Crippen molar-refractivity contribution < 1.29 is 14.7 Å². The lowest BCUT2D eigenvalue weighted by Gasteiger charge is -2.23. The monoisotopic (exact) mass is 248 g/mol. The summed E-state index contributed by atoms with van der Waals surface area (Å²) in [6, 6.07) is 7.00. The molecule has 1 atom stereocenters. The fourth-order valence-corrected chi connectivity index (χ4v) is 2.28. The Morgan fingerprint density at radius 1 is 1.44 bits per heavy atom. The SMILES string of the molecule is CC(=O)N1c2ccccc2C[C@H]1C(=O)NCCO. The Labute approximate surface area is 105 Å². The van der Waals surface area contributed by atoms with Gasteiger partial charge in [-0.15, -0.1) is 0 Å². The van der Waals surface area contributed by atoms with E-state index in [9.17, 15) is 9.59 Å². The number of fused-ring (bicyclic) bond motifs is 1. The van der Waals surface area contributed by atoms with Gasteiger partial charge in [0.05, 0.1) is 6.61 Å². The first-order valence-electron chi connectivity index (χ1n) is 5.91. The molecule has 0 saturated heterocycles. The molecular formula is C13H16N2O3. The van der Waals surface area contributed by atoms with Gasteiger partial charge in [-0.2, -0.15) is 0 Å². The van der Waals surface area contributed by atoms with Gasteiger partial charge in [-0.25, -0.2) is 0 Å². The van der Waals surface area contributed by atoms with E-state index in [-0.39, 0.29) is 25.0 Å². The van der Waals surface area contributed by atoms with Gasteiger partial charge in [0.25, 0.3) is 0 Å². The number of carbonyl (C=O) groups is 2. The molecule has 2 amide bonds. The smallest absolute Gasteiger partial charge is 0.243 e. The number of anilines is 1. The summed E-state index contributed by atoms with van der Waals surface area (Å²) in [6.07, 6.45) is 0.521. The standard InChI is InChI=1S/C13H16N2O3/c1-9(17)15-11-5-3-2-4-10(11)8-12(15)13(18)14-6-7-16/h2-5,12,16H,6-8H2,1H3,(H,14,18)/t12-/m0/s1. The zero-order valence-corrected chi connectivity index (χ0v) is 10.2. The Hall–Kier alpha value is -1.88. The van der Waals surface area contributed by atoms with Crippen molar-refractivity contribution in [1.82, 2.24) is 5.32 Å². The van der Waals surface area contributed by atoms with Crippen LogP contribution >= 0.6 is 0 Å². The third-order valence-corrected chi connectivity index (χ3v) is 3.03. The molecule has 1 aliphatic rings. The molecule has 2 rings (SSSR count). The van der Waals surface area contributed by atoms with Crippen molar-refractivity contribution >= 4 is 17.5 Å². The highest BCUT2D eigenvalue weighted by atomic mass is 16.3. The second kappa shape index (κ2) is 5.18. The van der Waals surface area contributed by atoms with Crippen LogP contribution in [0.3, 0.4) is 0 Å². The summed E-state index contributed by atoms with van der Waals surface area (Å²) < 4.78 is 0. The molecule has 0 spiro atoms. The van der Waals surface area contributed by atoms with Gasteiger partial charge in [0, 0.05) is 25.6 Å². The normalized spacial score (nSPS) is 17.4. The summed E-state index contributed by atoms with van der Waals surface area (Å²) >= 11 is 0. The molecule has 5 nitrogen and oxygen atoms in total. The van der Waals surface area contributed by atoms with E-state index in [0.717, 1.165) is 11.3 Å². The average Bonchev–Trinajstić information content (AvgIpc) is 2.75. The van der Waals surface area contributed by atoms with Crippen LogP contribution in [0.5, 0.6) is 0 Å². The van der Waals surface area contributed by atoms with Gasteiger partial charge in [-0.3, -0.25) is 14.5 Å². The van der Waals surface area contributed by atoms with Crippen molar-refractivity contribution in [2.75, 3.05) is 18.1 Å². The fraction of sp³-hybridized carbons (Fsp3) is 0.385. The Balaban J connectivity index is 2.24. The van der Waals surface area contributed by atoms with Crippen molar-refractivity contribution in [3.05, 3.63) is 29.8 Å². The Kier molecular flexibility index (Phi) is 3.62. The maximum atomic E-state index is 12.0. The minimum absolute atomic E-state index is 0.106. The van der Waals surface area contributed by atoms with Gasteiger partial charge in [0.15, 0.2) is 0 Å². The third kappa shape index (κ3) is 2.22. The molecule has 1 aromatic rings. The maximum absolute atomic E-state index is 12.0. The summed E-state index contributed by atoms with van der Waals surface area (Å²) in [6.45, 7) is 1.55. The number of nitrogens with one attached hydrogen (secondary N) is 1. The maximum Gasteiger partial charge on any atom is 0.243 e. The van der Waals surface area contributed by atoms with E-state index in [1.165, 1.54) is 11.8 Å². The molecule has 0 radical (unpaired) electrons. The molecule has 1 aliphatic heterocycles. The zero-order chi connectivity index (χ0) is 13.1. The Morgan fingerprint density at radius 2 is 2.17 bits per heavy atom. The molecule has 0 fully saturated rings. The van der Waals surface area contributed by atoms with Crippen LogP contribution in [-0.2, 0) is 16.0 Å². The van der Waals surface area contributed by atoms with Crippen LogP contribution in [0.1, 0.15) is 12.5 Å². The van der Waals surface area contributed by atoms with Crippen molar-refractivity contribution in [2.45, 2.75) is 19.4 Å². The number of amides is 2. The molecular weight excluding hydrogens is 232 g/mol. The van der Waals surface area contributed by atoms with Crippen LogP contribution in [0, 0.1) is 0 Å². The fourth-order valence-electron chi connectivity index (χ4n) is 2.28. The molecule has 0 bridgehead atoms.